The molecule has 0 bridgehead atoms. The molecule has 3 aromatic heterocycles. The number of hydrogen-bond donors (Lipinski definition) is 2. The fourth-order valence-corrected chi connectivity index (χ4v) is 7.40. The van der Waals surface area contributed by atoms with E-state index in [1.807, 2.05) is 23.5 Å². The highest BCUT2D eigenvalue weighted by molar-refractivity contribution is 7.80. The summed E-state index contributed by atoms with van der Waals surface area (Å²) in [5.74, 6) is 0. The summed E-state index contributed by atoms with van der Waals surface area (Å²) in [5.41, 5.74) is 4.56. The molecular formula is C34H48F3N3S2. The van der Waals surface area contributed by atoms with Crippen LogP contribution in [0.4, 0.5) is 13.2 Å². The first-order chi connectivity index (χ1) is 20.2. The number of rotatable bonds is 18. The van der Waals surface area contributed by atoms with Crippen molar-refractivity contribution in [1.29, 1.82) is 0 Å². The summed E-state index contributed by atoms with van der Waals surface area (Å²) in [7, 11) is 0. The molecule has 232 valence electrons. The van der Waals surface area contributed by atoms with Crippen molar-refractivity contribution in [2.45, 2.75) is 135 Å². The highest BCUT2D eigenvalue weighted by Crippen LogP contribution is 2.43. The number of hydrogen-bond acceptors (Lipinski definition) is 4. The Morgan fingerprint density at radius 3 is 2.12 bits per heavy atom. The third kappa shape index (κ3) is 9.73. The Kier molecular flexibility index (Phi) is 14.2. The number of aromatic amines is 1. The quantitative estimate of drug-likeness (QED) is 0.110. The SMILES string of the molecule is CCCCCC/C(=C(/C)c1ccnc(-c2cc(C(F)(F)F)[nH]n2)c1)c1sc(CCCCCC)c(CCCCCC)c1S. The van der Waals surface area contributed by atoms with Gasteiger partial charge in [0, 0.05) is 20.8 Å². The van der Waals surface area contributed by atoms with E-state index in [1.165, 1.54) is 91.5 Å². The molecule has 0 spiro atoms. The van der Waals surface area contributed by atoms with Gasteiger partial charge in [-0.2, -0.15) is 18.3 Å². The lowest BCUT2D eigenvalue weighted by atomic mass is 9.94. The number of alkyl halides is 3. The fourth-order valence-electron chi connectivity index (χ4n) is 5.38. The Hall–Kier alpha value is -2.06. The molecule has 0 amide bonds. The van der Waals surface area contributed by atoms with Crippen LogP contribution in [0.5, 0.6) is 0 Å². The van der Waals surface area contributed by atoms with E-state index in [0.717, 1.165) is 47.8 Å². The standard InChI is InChI=1S/C34H48F3N3S2/c1-5-8-11-14-17-26(24(4)25-20-21-38-28(22-25)29-23-31(40-39-29)34(35,36)37)33-32(41)27(18-15-12-9-6-2)30(42-33)19-16-13-10-7-3/h20-23,41H,5-19H2,1-4H3,(H,39,40)/b26-24+. The molecule has 3 aromatic rings. The Morgan fingerprint density at radius 2 is 1.50 bits per heavy atom. The lowest BCUT2D eigenvalue weighted by Crippen LogP contribution is -2.04. The number of aromatic nitrogens is 3. The summed E-state index contributed by atoms with van der Waals surface area (Å²) in [6, 6.07) is 4.84. The molecule has 0 fully saturated rings. The Bertz CT molecular complexity index is 1270. The lowest BCUT2D eigenvalue weighted by molar-refractivity contribution is -0.141. The summed E-state index contributed by atoms with van der Waals surface area (Å²) < 4.78 is 39.6. The minimum Gasteiger partial charge on any atom is -0.273 e. The summed E-state index contributed by atoms with van der Waals surface area (Å²) in [5, 5.41) is 6.02. The van der Waals surface area contributed by atoms with Crippen LogP contribution in [-0.2, 0) is 19.0 Å². The zero-order valence-electron chi connectivity index (χ0n) is 25.8. The fraction of sp³-hybridized carbons (Fsp3) is 0.588. The molecule has 0 saturated heterocycles. The molecule has 0 aromatic carbocycles. The van der Waals surface area contributed by atoms with Crippen LogP contribution >= 0.6 is 24.0 Å². The normalized spacial score (nSPS) is 12.7. The Balaban J connectivity index is 2.03. The van der Waals surface area contributed by atoms with Gasteiger partial charge in [-0.25, -0.2) is 0 Å². The minimum atomic E-state index is -4.48. The van der Waals surface area contributed by atoms with E-state index in [1.54, 1.807) is 6.20 Å². The van der Waals surface area contributed by atoms with Gasteiger partial charge in [0.15, 0.2) is 0 Å². The van der Waals surface area contributed by atoms with Crippen LogP contribution in [0.2, 0.25) is 0 Å². The first-order valence-corrected chi connectivity index (χ1v) is 17.1. The van der Waals surface area contributed by atoms with Crippen molar-refractivity contribution < 1.29 is 13.2 Å². The van der Waals surface area contributed by atoms with Gasteiger partial charge in [-0.3, -0.25) is 10.1 Å². The molecule has 0 saturated carbocycles. The summed E-state index contributed by atoms with van der Waals surface area (Å²) >= 11 is 7.10. The van der Waals surface area contributed by atoms with E-state index >= 15 is 0 Å². The third-order valence-electron chi connectivity index (χ3n) is 7.95. The Labute approximate surface area is 260 Å². The van der Waals surface area contributed by atoms with Gasteiger partial charge in [0.1, 0.15) is 11.4 Å². The summed E-state index contributed by atoms with van der Waals surface area (Å²) in [6.45, 7) is 8.85. The minimum absolute atomic E-state index is 0.191. The summed E-state index contributed by atoms with van der Waals surface area (Å²) in [6.07, 6.45) is 14.8. The van der Waals surface area contributed by atoms with Crippen LogP contribution in [0.25, 0.3) is 22.5 Å². The van der Waals surface area contributed by atoms with Crippen molar-refractivity contribution in [3.8, 4) is 11.4 Å². The number of thiophene rings is 1. The molecular weight excluding hydrogens is 572 g/mol. The molecule has 3 heterocycles. The molecule has 0 radical (unpaired) electrons. The maximum absolute atomic E-state index is 13.2. The second kappa shape index (κ2) is 17.3. The maximum atomic E-state index is 13.2. The second-order valence-electron chi connectivity index (χ2n) is 11.3. The number of unbranched alkanes of at least 4 members (excludes halogenated alkanes) is 9. The summed E-state index contributed by atoms with van der Waals surface area (Å²) in [4.78, 5) is 8.23. The number of H-pyrrole nitrogens is 1. The van der Waals surface area contributed by atoms with Crippen molar-refractivity contribution in [2.75, 3.05) is 0 Å². The van der Waals surface area contributed by atoms with Gasteiger partial charge in [-0.1, -0.05) is 78.6 Å². The molecule has 0 aliphatic carbocycles. The molecule has 0 aliphatic heterocycles. The van der Waals surface area contributed by atoms with Gasteiger partial charge in [0.2, 0.25) is 0 Å². The average molecular weight is 620 g/mol. The van der Waals surface area contributed by atoms with Gasteiger partial charge in [0.25, 0.3) is 0 Å². The van der Waals surface area contributed by atoms with Gasteiger partial charge in [0.05, 0.1) is 5.69 Å². The number of halogens is 3. The topological polar surface area (TPSA) is 41.6 Å². The average Bonchev–Trinajstić information content (AvgIpc) is 3.59. The van der Waals surface area contributed by atoms with Gasteiger partial charge >= 0.3 is 6.18 Å². The zero-order valence-corrected chi connectivity index (χ0v) is 27.5. The van der Waals surface area contributed by atoms with Crippen LogP contribution < -0.4 is 0 Å². The lowest BCUT2D eigenvalue weighted by Gasteiger charge is -2.14. The van der Waals surface area contributed by atoms with Crippen LogP contribution in [0.1, 0.15) is 138 Å². The third-order valence-corrected chi connectivity index (χ3v) is 9.94. The molecule has 3 rings (SSSR count). The predicted octanol–water partition coefficient (Wildman–Crippen LogP) is 12.0. The largest absolute Gasteiger partial charge is 0.432 e. The highest BCUT2D eigenvalue weighted by atomic mass is 32.1. The molecule has 8 heteroatoms. The molecule has 0 unspecified atom stereocenters. The predicted molar refractivity (Wildman–Crippen MR) is 175 cm³/mol. The van der Waals surface area contributed by atoms with Crippen LogP contribution in [0, 0.1) is 0 Å². The molecule has 1 N–H and O–H groups in total. The first kappa shape index (κ1) is 34.4. The number of aryl methyl sites for hydroxylation is 1. The van der Waals surface area contributed by atoms with E-state index in [9.17, 15) is 13.2 Å². The second-order valence-corrected chi connectivity index (χ2v) is 12.9. The van der Waals surface area contributed by atoms with Gasteiger partial charge in [-0.15, -0.1) is 24.0 Å². The van der Waals surface area contributed by atoms with Gasteiger partial charge < -0.3 is 0 Å². The van der Waals surface area contributed by atoms with E-state index in [4.69, 9.17) is 12.6 Å². The molecule has 3 nitrogen and oxygen atoms in total. The molecule has 42 heavy (non-hydrogen) atoms. The van der Waals surface area contributed by atoms with Crippen molar-refractivity contribution in [3.63, 3.8) is 0 Å². The van der Waals surface area contributed by atoms with E-state index in [0.29, 0.717) is 5.69 Å². The zero-order chi connectivity index (χ0) is 30.5. The van der Waals surface area contributed by atoms with Crippen molar-refractivity contribution in [1.82, 2.24) is 15.2 Å². The van der Waals surface area contributed by atoms with Gasteiger partial charge in [-0.05, 0) is 85.9 Å². The van der Waals surface area contributed by atoms with Crippen molar-refractivity contribution in [3.05, 3.63) is 51.0 Å². The van der Waals surface area contributed by atoms with Crippen LogP contribution in [-0.4, -0.2) is 15.2 Å². The highest BCUT2D eigenvalue weighted by Gasteiger charge is 2.33. The Morgan fingerprint density at radius 1 is 0.857 bits per heavy atom. The number of thiol groups is 1. The van der Waals surface area contributed by atoms with E-state index < -0.39 is 11.9 Å². The smallest absolute Gasteiger partial charge is 0.273 e. The van der Waals surface area contributed by atoms with Crippen molar-refractivity contribution >= 4 is 35.1 Å². The van der Waals surface area contributed by atoms with Crippen molar-refractivity contribution in [2.24, 2.45) is 0 Å². The molecule has 0 aliphatic rings. The van der Waals surface area contributed by atoms with E-state index in [-0.39, 0.29) is 5.69 Å². The van der Waals surface area contributed by atoms with Crippen LogP contribution in [0.15, 0.2) is 29.3 Å². The molecule has 0 atom stereocenters. The monoisotopic (exact) mass is 619 g/mol. The number of allylic oxidation sites excluding steroid dienone is 2. The maximum Gasteiger partial charge on any atom is 0.432 e. The first-order valence-electron chi connectivity index (χ1n) is 15.8. The van der Waals surface area contributed by atoms with E-state index in [2.05, 4.69) is 42.9 Å². The number of nitrogens with one attached hydrogen (secondary N) is 1. The van der Waals surface area contributed by atoms with Crippen LogP contribution in [0.3, 0.4) is 0 Å². The number of pyridine rings is 1. The number of nitrogens with zero attached hydrogens (tertiary/aromatic N) is 2.